The molecule has 3 rings (SSSR count). The van der Waals surface area contributed by atoms with Crippen LogP contribution < -0.4 is 4.72 Å². The van der Waals surface area contributed by atoms with Gasteiger partial charge in [0.25, 0.3) is 10.0 Å². The zero-order valence-corrected chi connectivity index (χ0v) is 20.1. The Bertz CT molecular complexity index is 1190. The van der Waals surface area contributed by atoms with Crippen LogP contribution in [0.1, 0.15) is 45.9 Å². The molecule has 30 heavy (non-hydrogen) atoms. The molecule has 2 aromatic rings. The quantitative estimate of drug-likeness (QED) is 0.752. The molecule has 0 aliphatic carbocycles. The topological polar surface area (TPSA) is 83.6 Å². The Hall–Kier alpha value is -1.90. The van der Waals surface area contributed by atoms with Crippen LogP contribution in [0.2, 0.25) is 0 Å². The fraction of sp³-hybridized carbons (Fsp3) is 0.455. The van der Waals surface area contributed by atoms with Crippen molar-refractivity contribution in [2.24, 2.45) is 0 Å². The van der Waals surface area contributed by atoms with Gasteiger partial charge in [0.2, 0.25) is 10.0 Å². The molecule has 0 fully saturated rings. The molecule has 0 amide bonds. The molecule has 1 N–H and O–H groups in total. The highest BCUT2D eigenvalue weighted by atomic mass is 32.2. The molecule has 1 aliphatic heterocycles. The van der Waals surface area contributed by atoms with Gasteiger partial charge in [0.15, 0.2) is 0 Å². The molecule has 0 unspecified atom stereocenters. The van der Waals surface area contributed by atoms with Crippen molar-refractivity contribution in [2.75, 3.05) is 17.0 Å². The Morgan fingerprint density at radius 2 is 1.43 bits per heavy atom. The first-order valence-corrected chi connectivity index (χ1v) is 13.2. The predicted octanol–water partition coefficient (Wildman–Crippen LogP) is 3.74. The molecule has 0 radical (unpaired) electrons. The van der Waals surface area contributed by atoms with E-state index in [0.717, 1.165) is 38.9 Å². The summed E-state index contributed by atoms with van der Waals surface area (Å²) >= 11 is 0. The van der Waals surface area contributed by atoms with E-state index in [2.05, 4.69) is 4.72 Å². The SMILES string of the molecule is CCS(=O)(=O)N1CCc2ccc(NS(=O)(=O)c3c(C)c(C)c(C)c(C)c3C)cc2C1. The number of nitrogens with zero attached hydrogens (tertiary/aromatic N) is 1. The number of nitrogens with one attached hydrogen (secondary N) is 1. The molecule has 6 nitrogen and oxygen atoms in total. The van der Waals surface area contributed by atoms with E-state index in [1.807, 2.05) is 40.7 Å². The number of sulfonamides is 2. The van der Waals surface area contributed by atoms with E-state index in [1.165, 1.54) is 4.31 Å². The largest absolute Gasteiger partial charge is 0.280 e. The third-order valence-electron chi connectivity index (χ3n) is 6.39. The number of anilines is 1. The van der Waals surface area contributed by atoms with E-state index in [4.69, 9.17) is 0 Å². The Labute approximate surface area is 180 Å². The number of hydrogen-bond donors (Lipinski definition) is 1. The molecule has 8 heteroatoms. The zero-order valence-electron chi connectivity index (χ0n) is 18.5. The fourth-order valence-electron chi connectivity index (χ4n) is 4.09. The lowest BCUT2D eigenvalue weighted by molar-refractivity contribution is 0.392. The monoisotopic (exact) mass is 450 g/mol. The van der Waals surface area contributed by atoms with Gasteiger partial charge in [-0.15, -0.1) is 0 Å². The van der Waals surface area contributed by atoms with Gasteiger partial charge in [-0.2, -0.15) is 4.31 Å². The summed E-state index contributed by atoms with van der Waals surface area (Å²) in [5.41, 5.74) is 6.89. The summed E-state index contributed by atoms with van der Waals surface area (Å²) in [4.78, 5) is 0.316. The Kier molecular flexibility index (Phi) is 6.06. The smallest absolute Gasteiger partial charge is 0.262 e. The van der Waals surface area contributed by atoms with E-state index >= 15 is 0 Å². The first-order valence-electron chi connectivity index (χ1n) is 10.1. The molecule has 164 valence electrons. The maximum atomic E-state index is 13.3. The summed E-state index contributed by atoms with van der Waals surface area (Å²) in [5, 5.41) is 0. The van der Waals surface area contributed by atoms with Gasteiger partial charge in [-0.3, -0.25) is 4.72 Å². The van der Waals surface area contributed by atoms with E-state index in [-0.39, 0.29) is 12.3 Å². The standard InChI is InChI=1S/C22H30N2O4S2/c1-7-29(25,26)24-11-10-19-8-9-21(12-20(19)13-24)23-30(27,28)22-17(5)15(3)14(2)16(4)18(22)6/h8-9,12,23H,7,10-11,13H2,1-6H3. The second-order valence-corrected chi connectivity index (χ2v) is 11.9. The zero-order chi connectivity index (χ0) is 22.4. The highest BCUT2D eigenvalue weighted by Gasteiger charge is 2.27. The molecule has 0 bridgehead atoms. The summed E-state index contributed by atoms with van der Waals surface area (Å²) in [6, 6.07) is 5.39. The van der Waals surface area contributed by atoms with Crippen LogP contribution in [-0.4, -0.2) is 33.4 Å². The van der Waals surface area contributed by atoms with E-state index < -0.39 is 20.0 Å². The van der Waals surface area contributed by atoms with Crippen LogP contribution in [-0.2, 0) is 33.0 Å². The second-order valence-electron chi connectivity index (χ2n) is 8.03. The molecule has 0 saturated carbocycles. The molecular formula is C22H30N2O4S2. The van der Waals surface area contributed by atoms with Gasteiger partial charge in [-0.25, -0.2) is 16.8 Å². The average molecular weight is 451 g/mol. The number of benzene rings is 2. The lowest BCUT2D eigenvalue weighted by Gasteiger charge is -2.28. The van der Waals surface area contributed by atoms with Crippen LogP contribution in [0.25, 0.3) is 0 Å². The highest BCUT2D eigenvalue weighted by Crippen LogP contribution is 2.32. The minimum absolute atomic E-state index is 0.0549. The molecule has 0 spiro atoms. The first-order chi connectivity index (χ1) is 13.9. The van der Waals surface area contributed by atoms with E-state index in [9.17, 15) is 16.8 Å². The Morgan fingerprint density at radius 1 is 0.867 bits per heavy atom. The molecule has 0 saturated heterocycles. The predicted molar refractivity (Wildman–Crippen MR) is 121 cm³/mol. The van der Waals surface area contributed by atoms with E-state index in [1.54, 1.807) is 19.1 Å². The van der Waals surface area contributed by atoms with Crippen LogP contribution in [0.15, 0.2) is 23.1 Å². The number of fused-ring (bicyclic) bond motifs is 1. The van der Waals surface area contributed by atoms with Crippen LogP contribution in [0, 0.1) is 34.6 Å². The van der Waals surface area contributed by atoms with Gasteiger partial charge in [-0.1, -0.05) is 6.07 Å². The molecule has 2 aromatic carbocycles. The van der Waals surface area contributed by atoms with E-state index in [0.29, 0.717) is 23.5 Å². The van der Waals surface area contributed by atoms with Gasteiger partial charge in [-0.05, 0) is 99.0 Å². The van der Waals surface area contributed by atoms with Gasteiger partial charge < -0.3 is 0 Å². The van der Waals surface area contributed by atoms with Crippen molar-refractivity contribution < 1.29 is 16.8 Å². The van der Waals surface area contributed by atoms with Gasteiger partial charge >= 0.3 is 0 Å². The lowest BCUT2D eigenvalue weighted by atomic mass is 9.95. The van der Waals surface area contributed by atoms with Crippen molar-refractivity contribution in [3.63, 3.8) is 0 Å². The normalized spacial score (nSPS) is 15.1. The average Bonchev–Trinajstić information content (AvgIpc) is 2.69. The maximum absolute atomic E-state index is 13.3. The number of hydrogen-bond acceptors (Lipinski definition) is 4. The molecular weight excluding hydrogens is 420 g/mol. The number of rotatable bonds is 5. The van der Waals surface area contributed by atoms with Gasteiger partial charge in [0.1, 0.15) is 0 Å². The summed E-state index contributed by atoms with van der Waals surface area (Å²) in [6.45, 7) is 11.9. The second kappa shape index (κ2) is 7.98. The third-order valence-corrected chi connectivity index (χ3v) is 9.88. The lowest BCUT2D eigenvalue weighted by Crippen LogP contribution is -2.36. The van der Waals surface area contributed by atoms with Crippen LogP contribution in [0.4, 0.5) is 5.69 Å². The minimum Gasteiger partial charge on any atom is -0.280 e. The third kappa shape index (κ3) is 4.00. The van der Waals surface area contributed by atoms with Crippen molar-refractivity contribution in [3.8, 4) is 0 Å². The summed E-state index contributed by atoms with van der Waals surface area (Å²) in [7, 11) is -7.08. The Balaban J connectivity index is 1.98. The van der Waals surface area contributed by atoms with Gasteiger partial charge in [0, 0.05) is 18.8 Å². The highest BCUT2D eigenvalue weighted by molar-refractivity contribution is 7.92. The molecule has 0 atom stereocenters. The van der Waals surface area contributed by atoms with Crippen molar-refractivity contribution in [2.45, 2.75) is 59.4 Å². The first kappa shape index (κ1) is 22.8. The molecule has 0 aromatic heterocycles. The van der Waals surface area contributed by atoms with Crippen molar-refractivity contribution in [1.82, 2.24) is 4.31 Å². The van der Waals surface area contributed by atoms with Crippen molar-refractivity contribution in [3.05, 3.63) is 57.1 Å². The summed E-state index contributed by atoms with van der Waals surface area (Å²) in [6.07, 6.45) is 0.621. The van der Waals surface area contributed by atoms with Crippen LogP contribution >= 0.6 is 0 Å². The van der Waals surface area contributed by atoms with Crippen LogP contribution in [0.5, 0.6) is 0 Å². The minimum atomic E-state index is -3.79. The maximum Gasteiger partial charge on any atom is 0.262 e. The van der Waals surface area contributed by atoms with Gasteiger partial charge in [0.05, 0.1) is 10.6 Å². The van der Waals surface area contributed by atoms with Crippen LogP contribution in [0.3, 0.4) is 0 Å². The Morgan fingerprint density at radius 3 is 2.00 bits per heavy atom. The summed E-state index contributed by atoms with van der Waals surface area (Å²) in [5.74, 6) is 0.0549. The summed E-state index contributed by atoms with van der Waals surface area (Å²) < 4.78 is 55.2. The van der Waals surface area contributed by atoms with Crippen molar-refractivity contribution >= 4 is 25.7 Å². The van der Waals surface area contributed by atoms with Crippen molar-refractivity contribution in [1.29, 1.82) is 0 Å². The fourth-order valence-corrected chi connectivity index (χ4v) is 6.81. The molecule has 1 heterocycles. The molecule has 1 aliphatic rings.